The average molecular weight is 789 g/mol. The number of piperidine rings is 1. The van der Waals surface area contributed by atoms with Gasteiger partial charge in [-0.2, -0.15) is 0 Å². The minimum atomic E-state index is -0.537. The molecule has 1 saturated carbocycles. The minimum Gasteiger partial charge on any atom is -0.385 e. The molecular formula is C43H49ClN10O3. The molecule has 2 aromatic heterocycles. The molecular weight excluding hydrogens is 740 g/mol. The Kier molecular flexibility index (Phi) is 10.00. The van der Waals surface area contributed by atoms with Crippen molar-refractivity contribution in [2.24, 2.45) is 11.1 Å². The van der Waals surface area contributed by atoms with Gasteiger partial charge in [-0.1, -0.05) is 61.2 Å². The number of rotatable bonds is 9. The van der Waals surface area contributed by atoms with Crippen LogP contribution in [0.2, 0.25) is 5.02 Å². The third kappa shape index (κ3) is 7.51. The zero-order valence-electron chi connectivity index (χ0n) is 32.3. The van der Waals surface area contributed by atoms with Crippen LogP contribution in [0.15, 0.2) is 67.0 Å². The number of halogens is 1. The molecule has 1 spiro atoms. The minimum absolute atomic E-state index is 0.207. The molecule has 296 valence electrons. The number of primary amides is 1. The van der Waals surface area contributed by atoms with Crippen molar-refractivity contribution in [1.29, 1.82) is 0 Å². The second-order valence-electron chi connectivity index (χ2n) is 16.4. The maximum Gasteiger partial charge on any atom is 0.268 e. The van der Waals surface area contributed by atoms with Crippen LogP contribution in [0, 0.1) is 5.41 Å². The molecule has 3 saturated heterocycles. The monoisotopic (exact) mass is 788 g/mol. The number of nitrogens with one attached hydrogen (secondary N) is 3. The highest BCUT2D eigenvalue weighted by atomic mass is 35.5. The van der Waals surface area contributed by atoms with Crippen molar-refractivity contribution in [2.45, 2.75) is 70.1 Å². The molecule has 7 heterocycles. The molecule has 4 aromatic rings. The Balaban J connectivity index is 0.00000135. The molecule has 2 atom stereocenters. The molecule has 5 aliphatic heterocycles. The van der Waals surface area contributed by atoms with E-state index in [0.29, 0.717) is 34.8 Å². The number of benzene rings is 2. The van der Waals surface area contributed by atoms with E-state index in [4.69, 9.17) is 22.3 Å². The first-order chi connectivity index (χ1) is 27.7. The maximum absolute atomic E-state index is 12.5. The number of nitrogens with zero attached hydrogens (tertiary/aromatic N) is 6. The van der Waals surface area contributed by atoms with E-state index in [1.165, 1.54) is 43.0 Å². The van der Waals surface area contributed by atoms with Crippen LogP contribution in [0.5, 0.6) is 0 Å². The SMILES string of the molecule is C1CC1.CNC1=CC(N2CCc3c(-c4ccc(CN5CC6(CCN(Cc7ccc(Cl)c(C8CCC(=O)NC8=O)c7)C6)C5)cn4)cccc32)Nn2c(C(N)=O)cnc21. The predicted molar refractivity (Wildman–Crippen MR) is 220 cm³/mol. The molecule has 4 fully saturated rings. The number of anilines is 1. The molecule has 2 unspecified atom stereocenters. The van der Waals surface area contributed by atoms with Crippen LogP contribution in [0.1, 0.15) is 83.0 Å². The zero-order valence-corrected chi connectivity index (χ0v) is 33.0. The van der Waals surface area contributed by atoms with Crippen LogP contribution >= 0.6 is 11.6 Å². The van der Waals surface area contributed by atoms with Crippen LogP contribution in [-0.4, -0.2) is 88.1 Å². The smallest absolute Gasteiger partial charge is 0.268 e. The van der Waals surface area contributed by atoms with Crippen LogP contribution in [0.4, 0.5) is 5.69 Å². The third-order valence-corrected chi connectivity index (χ3v) is 12.4. The predicted octanol–water partition coefficient (Wildman–Crippen LogP) is 4.60. The Bertz CT molecular complexity index is 2240. The first-order valence-electron chi connectivity index (χ1n) is 20.1. The summed E-state index contributed by atoms with van der Waals surface area (Å²) in [5.41, 5.74) is 18.2. The van der Waals surface area contributed by atoms with Gasteiger partial charge < -0.3 is 16.0 Å². The fourth-order valence-electron chi connectivity index (χ4n) is 9.17. The molecule has 2 aromatic carbocycles. The average Bonchev–Trinajstić information content (AvgIpc) is 3.75. The topological polar surface area (TPSA) is 154 Å². The molecule has 0 radical (unpaired) electrons. The van der Waals surface area contributed by atoms with Crippen molar-refractivity contribution < 1.29 is 14.4 Å². The highest BCUT2D eigenvalue weighted by Crippen LogP contribution is 2.42. The fraction of sp³-hybridized carbons (Fsp3) is 0.419. The van der Waals surface area contributed by atoms with Gasteiger partial charge in [0.15, 0.2) is 5.82 Å². The summed E-state index contributed by atoms with van der Waals surface area (Å²) in [4.78, 5) is 53.0. The molecule has 14 heteroatoms. The normalized spacial score (nSPS) is 22.1. The lowest BCUT2D eigenvalue weighted by Gasteiger charge is -2.48. The Morgan fingerprint density at radius 1 is 0.965 bits per heavy atom. The van der Waals surface area contributed by atoms with E-state index in [-0.39, 0.29) is 23.9 Å². The number of hydrogen-bond acceptors (Lipinski definition) is 10. The maximum atomic E-state index is 12.5. The first kappa shape index (κ1) is 37.3. The number of imide groups is 1. The number of amides is 3. The van der Waals surface area contributed by atoms with Crippen molar-refractivity contribution in [1.82, 2.24) is 35.1 Å². The summed E-state index contributed by atoms with van der Waals surface area (Å²) in [5, 5.41) is 6.25. The van der Waals surface area contributed by atoms with Crippen molar-refractivity contribution in [3.05, 3.63) is 106 Å². The Morgan fingerprint density at radius 2 is 1.75 bits per heavy atom. The molecule has 10 rings (SSSR count). The lowest BCUT2D eigenvalue weighted by Crippen LogP contribution is -2.56. The van der Waals surface area contributed by atoms with E-state index < -0.39 is 5.91 Å². The summed E-state index contributed by atoms with van der Waals surface area (Å²) in [6.07, 6.45) is 12.8. The van der Waals surface area contributed by atoms with Crippen LogP contribution in [0.25, 0.3) is 17.0 Å². The van der Waals surface area contributed by atoms with Gasteiger partial charge in [0.1, 0.15) is 11.9 Å². The zero-order chi connectivity index (χ0) is 39.3. The summed E-state index contributed by atoms with van der Waals surface area (Å²) in [6, 6.07) is 16.7. The van der Waals surface area contributed by atoms with E-state index in [0.717, 1.165) is 86.0 Å². The number of carbonyl (C=O) groups excluding carboxylic acids is 3. The lowest BCUT2D eigenvalue weighted by atomic mass is 9.79. The Labute approximate surface area is 337 Å². The Hall–Kier alpha value is -5.24. The number of fused-ring (bicyclic) bond motifs is 2. The van der Waals surface area contributed by atoms with Gasteiger partial charge in [0.2, 0.25) is 11.8 Å². The van der Waals surface area contributed by atoms with Crippen molar-refractivity contribution >= 4 is 40.7 Å². The molecule has 1 aliphatic carbocycles. The van der Waals surface area contributed by atoms with E-state index in [2.05, 4.69) is 84.3 Å². The first-order valence-corrected chi connectivity index (χ1v) is 20.5. The van der Waals surface area contributed by atoms with Gasteiger partial charge in [0, 0.05) is 80.6 Å². The van der Waals surface area contributed by atoms with Gasteiger partial charge in [-0.15, -0.1) is 0 Å². The number of nitrogens with two attached hydrogens (primary N) is 1. The summed E-state index contributed by atoms with van der Waals surface area (Å²) in [5.74, 6) is -0.774. The van der Waals surface area contributed by atoms with Gasteiger partial charge >= 0.3 is 0 Å². The van der Waals surface area contributed by atoms with Gasteiger partial charge in [-0.25, -0.2) is 9.66 Å². The van der Waals surface area contributed by atoms with Crippen molar-refractivity contribution in [3.8, 4) is 11.3 Å². The number of aromatic nitrogens is 3. The lowest BCUT2D eigenvalue weighted by molar-refractivity contribution is -0.134. The second kappa shape index (κ2) is 15.3. The fourth-order valence-corrected chi connectivity index (χ4v) is 9.42. The number of hydrogen-bond donors (Lipinski definition) is 4. The van der Waals surface area contributed by atoms with Crippen molar-refractivity contribution in [3.63, 3.8) is 0 Å². The summed E-state index contributed by atoms with van der Waals surface area (Å²) >= 11 is 6.52. The van der Waals surface area contributed by atoms with Crippen molar-refractivity contribution in [2.75, 3.05) is 50.1 Å². The molecule has 6 aliphatic rings. The third-order valence-electron chi connectivity index (χ3n) is 12.1. The summed E-state index contributed by atoms with van der Waals surface area (Å²) in [6.45, 7) is 6.72. The second-order valence-corrected chi connectivity index (χ2v) is 16.8. The van der Waals surface area contributed by atoms with E-state index >= 15 is 0 Å². The number of carbonyl (C=O) groups is 3. The van der Waals surface area contributed by atoms with E-state index in [1.807, 2.05) is 19.3 Å². The van der Waals surface area contributed by atoms with Crippen LogP contribution in [-0.2, 0) is 29.1 Å². The van der Waals surface area contributed by atoms with Gasteiger partial charge in [0.05, 0.1) is 23.5 Å². The number of likely N-dealkylation sites (tertiary alicyclic amines) is 2. The van der Waals surface area contributed by atoms with E-state index in [9.17, 15) is 14.4 Å². The highest BCUT2D eigenvalue weighted by molar-refractivity contribution is 6.31. The van der Waals surface area contributed by atoms with E-state index in [1.54, 1.807) is 4.68 Å². The quantitative estimate of drug-likeness (QED) is 0.177. The molecule has 57 heavy (non-hydrogen) atoms. The molecule has 3 amide bonds. The van der Waals surface area contributed by atoms with Crippen LogP contribution in [0.3, 0.4) is 0 Å². The largest absolute Gasteiger partial charge is 0.385 e. The van der Waals surface area contributed by atoms with Crippen LogP contribution < -0.4 is 26.7 Å². The standard InChI is InChI=1S/C40H43ClN10O3.C3H6/c1-43-32-16-35(47-51-34(37(42)53)18-45-38(32)51)50-13-11-27-26(3-2-4-33(27)50)31-9-6-25(17-44-31)20-49-22-40(23-49)12-14-48(21-40)19-24-5-8-30(41)29(15-24)28-7-10-36(52)46-39(28)54;1-2-3-1/h2-6,8-9,15-18,28,35,43,47H,7,10-14,19-23H2,1H3,(H2,42,53)(H,46,52,54);1-3H2. The van der Waals surface area contributed by atoms with Gasteiger partial charge in [-0.3, -0.25) is 39.9 Å². The highest BCUT2D eigenvalue weighted by Gasteiger charge is 2.47. The Morgan fingerprint density at radius 3 is 2.49 bits per heavy atom. The summed E-state index contributed by atoms with van der Waals surface area (Å²) < 4.78 is 1.67. The number of pyridine rings is 1. The molecule has 0 bridgehead atoms. The molecule has 5 N–H and O–H groups in total. The molecule has 13 nitrogen and oxygen atoms in total. The van der Waals surface area contributed by atoms with Gasteiger partial charge in [0.25, 0.3) is 5.91 Å². The summed E-state index contributed by atoms with van der Waals surface area (Å²) in [7, 11) is 1.85. The van der Waals surface area contributed by atoms with Gasteiger partial charge in [-0.05, 0) is 72.3 Å². The number of imidazole rings is 1.